The molecule has 2 rings (SSSR count). The molecule has 2 N–H and O–H groups in total. The van der Waals surface area contributed by atoms with Gasteiger partial charge in [0.05, 0.1) is 5.69 Å². The summed E-state index contributed by atoms with van der Waals surface area (Å²) >= 11 is 5.65. The van der Waals surface area contributed by atoms with Crippen molar-refractivity contribution in [3.05, 3.63) is 23.0 Å². The van der Waals surface area contributed by atoms with E-state index in [-0.39, 0.29) is 0 Å². The van der Waals surface area contributed by atoms with Gasteiger partial charge < -0.3 is 10.6 Å². The third-order valence-electron chi connectivity index (χ3n) is 2.55. The first-order valence-electron chi connectivity index (χ1n) is 5.27. The average molecular weight is 227 g/mol. The van der Waals surface area contributed by atoms with Gasteiger partial charge in [0.15, 0.2) is 5.15 Å². The Morgan fingerprint density at radius 2 is 2.40 bits per heavy atom. The van der Waals surface area contributed by atoms with E-state index < -0.39 is 0 Å². The summed E-state index contributed by atoms with van der Waals surface area (Å²) in [6.45, 7) is 2.89. The van der Waals surface area contributed by atoms with E-state index in [0.717, 1.165) is 25.3 Å². The minimum absolute atomic E-state index is 0.441. The van der Waals surface area contributed by atoms with Crippen LogP contribution in [0.3, 0.4) is 0 Å². The van der Waals surface area contributed by atoms with Crippen LogP contribution in [0.15, 0.2) is 12.1 Å². The van der Waals surface area contributed by atoms with Crippen molar-refractivity contribution >= 4 is 11.6 Å². The molecular formula is C10H15ClN4. The van der Waals surface area contributed by atoms with Gasteiger partial charge in [-0.3, -0.25) is 0 Å². The van der Waals surface area contributed by atoms with E-state index in [0.29, 0.717) is 11.2 Å². The molecule has 0 bridgehead atoms. The second kappa shape index (κ2) is 5.39. The highest BCUT2D eigenvalue weighted by molar-refractivity contribution is 6.29. The van der Waals surface area contributed by atoms with Crippen LogP contribution < -0.4 is 10.6 Å². The van der Waals surface area contributed by atoms with Crippen LogP contribution in [0.2, 0.25) is 5.15 Å². The summed E-state index contributed by atoms with van der Waals surface area (Å²) in [4.78, 5) is 0. The monoisotopic (exact) mass is 226 g/mol. The molecule has 1 aliphatic rings. The predicted octanol–water partition coefficient (Wildman–Crippen LogP) is 0.972. The molecule has 0 spiro atoms. The first-order chi connectivity index (χ1) is 7.34. The van der Waals surface area contributed by atoms with E-state index in [1.54, 1.807) is 6.07 Å². The first kappa shape index (κ1) is 10.8. The lowest BCUT2D eigenvalue weighted by molar-refractivity contribution is 0.531. The van der Waals surface area contributed by atoms with Crippen molar-refractivity contribution in [2.24, 2.45) is 0 Å². The van der Waals surface area contributed by atoms with Crippen LogP contribution >= 0.6 is 11.6 Å². The summed E-state index contributed by atoms with van der Waals surface area (Å²) < 4.78 is 0. The van der Waals surface area contributed by atoms with E-state index in [4.69, 9.17) is 11.6 Å². The first-order valence-corrected chi connectivity index (χ1v) is 5.64. The number of nitrogens with one attached hydrogen (secondary N) is 2. The maximum absolute atomic E-state index is 5.65. The molecule has 4 nitrogen and oxygen atoms in total. The lowest BCUT2D eigenvalue weighted by atomic mass is 10.2. The third kappa shape index (κ3) is 3.41. The SMILES string of the molecule is Clc1ccc(CNC[C@@H]2CCCN2)nn1. The molecule has 2 heterocycles. The van der Waals surface area contributed by atoms with Crippen LogP contribution in [-0.4, -0.2) is 29.3 Å². The van der Waals surface area contributed by atoms with Gasteiger partial charge in [-0.2, -0.15) is 5.10 Å². The maximum Gasteiger partial charge on any atom is 0.151 e. The van der Waals surface area contributed by atoms with Gasteiger partial charge in [0.1, 0.15) is 0 Å². The third-order valence-corrected chi connectivity index (χ3v) is 2.75. The molecule has 0 saturated carbocycles. The molecule has 0 aromatic carbocycles. The molecule has 1 saturated heterocycles. The Bertz CT molecular complexity index is 295. The van der Waals surface area contributed by atoms with Crippen molar-refractivity contribution in [1.29, 1.82) is 0 Å². The molecule has 0 aliphatic carbocycles. The Labute approximate surface area is 94.4 Å². The minimum atomic E-state index is 0.441. The fraction of sp³-hybridized carbons (Fsp3) is 0.600. The molecule has 15 heavy (non-hydrogen) atoms. The van der Waals surface area contributed by atoms with Gasteiger partial charge in [-0.1, -0.05) is 11.6 Å². The van der Waals surface area contributed by atoms with Gasteiger partial charge >= 0.3 is 0 Å². The summed E-state index contributed by atoms with van der Waals surface area (Å²) in [6.07, 6.45) is 2.55. The van der Waals surface area contributed by atoms with Crippen molar-refractivity contribution < 1.29 is 0 Å². The van der Waals surface area contributed by atoms with Gasteiger partial charge in [0.2, 0.25) is 0 Å². The molecular weight excluding hydrogens is 212 g/mol. The minimum Gasteiger partial charge on any atom is -0.313 e. The van der Waals surface area contributed by atoms with Crippen LogP contribution in [0.25, 0.3) is 0 Å². The largest absolute Gasteiger partial charge is 0.313 e. The van der Waals surface area contributed by atoms with E-state index in [1.807, 2.05) is 6.07 Å². The highest BCUT2D eigenvalue weighted by Crippen LogP contribution is 2.04. The van der Waals surface area contributed by atoms with Crippen LogP contribution in [0, 0.1) is 0 Å². The molecule has 1 aromatic rings. The fourth-order valence-corrected chi connectivity index (χ4v) is 1.84. The number of aromatic nitrogens is 2. The van der Waals surface area contributed by atoms with Crippen LogP contribution in [-0.2, 0) is 6.54 Å². The zero-order chi connectivity index (χ0) is 10.5. The van der Waals surface area contributed by atoms with Crippen molar-refractivity contribution in [1.82, 2.24) is 20.8 Å². The van der Waals surface area contributed by atoms with Gasteiger partial charge in [-0.15, -0.1) is 5.10 Å². The highest BCUT2D eigenvalue weighted by atomic mass is 35.5. The molecule has 0 amide bonds. The molecule has 0 radical (unpaired) electrons. The van der Waals surface area contributed by atoms with Crippen molar-refractivity contribution in [3.63, 3.8) is 0 Å². The smallest absolute Gasteiger partial charge is 0.151 e. The Hall–Kier alpha value is -0.710. The lowest BCUT2D eigenvalue weighted by Crippen LogP contribution is -2.33. The summed E-state index contributed by atoms with van der Waals surface area (Å²) in [7, 11) is 0. The van der Waals surface area contributed by atoms with Crippen molar-refractivity contribution in [3.8, 4) is 0 Å². The van der Waals surface area contributed by atoms with E-state index in [2.05, 4.69) is 20.8 Å². The molecule has 5 heteroatoms. The zero-order valence-electron chi connectivity index (χ0n) is 8.54. The van der Waals surface area contributed by atoms with E-state index in [1.165, 1.54) is 12.8 Å². The lowest BCUT2D eigenvalue weighted by Gasteiger charge is -2.10. The number of halogens is 1. The second-order valence-corrected chi connectivity index (χ2v) is 4.16. The molecule has 82 valence electrons. The Morgan fingerprint density at radius 3 is 3.07 bits per heavy atom. The molecule has 1 aliphatic heterocycles. The van der Waals surface area contributed by atoms with Crippen LogP contribution in [0.5, 0.6) is 0 Å². The van der Waals surface area contributed by atoms with Gasteiger partial charge in [0.25, 0.3) is 0 Å². The number of hydrogen-bond donors (Lipinski definition) is 2. The summed E-state index contributed by atoms with van der Waals surface area (Å²) in [5, 5.41) is 15.0. The van der Waals surface area contributed by atoms with E-state index >= 15 is 0 Å². The van der Waals surface area contributed by atoms with Crippen molar-refractivity contribution in [2.45, 2.75) is 25.4 Å². The van der Waals surface area contributed by atoms with E-state index in [9.17, 15) is 0 Å². The molecule has 0 unspecified atom stereocenters. The second-order valence-electron chi connectivity index (χ2n) is 3.77. The highest BCUT2D eigenvalue weighted by Gasteiger charge is 2.12. The molecule has 1 fully saturated rings. The summed E-state index contributed by atoms with van der Waals surface area (Å²) in [5.41, 5.74) is 0.928. The zero-order valence-corrected chi connectivity index (χ0v) is 9.30. The Kier molecular flexibility index (Phi) is 3.88. The van der Waals surface area contributed by atoms with Gasteiger partial charge in [-0.25, -0.2) is 0 Å². The maximum atomic E-state index is 5.65. The Morgan fingerprint density at radius 1 is 1.47 bits per heavy atom. The normalized spacial score (nSPS) is 20.7. The van der Waals surface area contributed by atoms with Crippen LogP contribution in [0.4, 0.5) is 0 Å². The molecule has 1 aromatic heterocycles. The standard InChI is InChI=1S/C10H15ClN4/c11-10-4-3-9(14-15-10)7-12-6-8-2-1-5-13-8/h3-4,8,12-13H,1-2,5-7H2/t8-/m0/s1. The Balaban J connectivity index is 1.71. The number of rotatable bonds is 4. The fourth-order valence-electron chi connectivity index (χ4n) is 1.74. The number of nitrogens with zero attached hydrogens (tertiary/aromatic N) is 2. The van der Waals surface area contributed by atoms with Gasteiger partial charge in [-0.05, 0) is 31.5 Å². The van der Waals surface area contributed by atoms with Gasteiger partial charge in [0, 0.05) is 19.1 Å². The number of hydrogen-bond acceptors (Lipinski definition) is 4. The van der Waals surface area contributed by atoms with Crippen molar-refractivity contribution in [2.75, 3.05) is 13.1 Å². The molecule has 1 atom stereocenters. The predicted molar refractivity (Wildman–Crippen MR) is 59.8 cm³/mol. The summed E-state index contributed by atoms with van der Waals surface area (Å²) in [5.74, 6) is 0. The average Bonchev–Trinajstić information content (AvgIpc) is 2.74. The summed E-state index contributed by atoms with van der Waals surface area (Å²) in [6, 6.07) is 4.27. The van der Waals surface area contributed by atoms with Crippen LogP contribution in [0.1, 0.15) is 18.5 Å². The topological polar surface area (TPSA) is 49.8 Å². The quantitative estimate of drug-likeness (QED) is 0.804.